The van der Waals surface area contributed by atoms with Gasteiger partial charge in [0, 0.05) is 36.5 Å². The molecule has 148 valence electrons. The van der Waals surface area contributed by atoms with Crippen molar-refractivity contribution in [3.8, 4) is 0 Å². The van der Waals surface area contributed by atoms with Crippen LogP contribution >= 0.6 is 35.3 Å². The molecule has 27 heavy (non-hydrogen) atoms. The first-order valence-electron chi connectivity index (χ1n) is 9.00. The quantitative estimate of drug-likeness (QED) is 0.289. The van der Waals surface area contributed by atoms with E-state index < -0.39 is 0 Å². The van der Waals surface area contributed by atoms with E-state index in [-0.39, 0.29) is 29.9 Å². The summed E-state index contributed by atoms with van der Waals surface area (Å²) in [5.74, 6) is 1.22. The average molecular weight is 500 g/mol. The third-order valence-electron chi connectivity index (χ3n) is 3.88. The molecule has 0 saturated carbocycles. The zero-order valence-corrected chi connectivity index (χ0v) is 19.3. The van der Waals surface area contributed by atoms with Gasteiger partial charge in [-0.2, -0.15) is 0 Å². The molecule has 7 heteroatoms. The van der Waals surface area contributed by atoms with Crippen LogP contribution in [-0.4, -0.2) is 31.5 Å². The SMILES string of the molecule is CCNC(=NCC(C)c1cccs1)NCCc1ccc(NC(C)=O)cc1.I. The molecule has 1 atom stereocenters. The highest BCUT2D eigenvalue weighted by Gasteiger charge is 2.06. The number of carbonyl (C=O) groups excluding carboxylic acids is 1. The number of halogens is 1. The Balaban J connectivity index is 0.00000364. The van der Waals surface area contributed by atoms with Crippen LogP contribution in [-0.2, 0) is 11.2 Å². The van der Waals surface area contributed by atoms with Crippen molar-refractivity contribution in [2.45, 2.75) is 33.1 Å². The second kappa shape index (κ2) is 12.7. The van der Waals surface area contributed by atoms with Gasteiger partial charge in [-0.15, -0.1) is 35.3 Å². The molecule has 1 amide bonds. The molecule has 0 radical (unpaired) electrons. The number of nitrogens with zero attached hydrogens (tertiary/aromatic N) is 1. The minimum absolute atomic E-state index is 0. The van der Waals surface area contributed by atoms with Gasteiger partial charge < -0.3 is 16.0 Å². The lowest BCUT2D eigenvalue weighted by atomic mass is 10.1. The number of benzene rings is 1. The van der Waals surface area contributed by atoms with Crippen LogP contribution in [0.25, 0.3) is 0 Å². The Bertz CT molecular complexity index is 701. The zero-order valence-electron chi connectivity index (χ0n) is 16.1. The van der Waals surface area contributed by atoms with Crippen molar-refractivity contribution in [2.75, 3.05) is 25.0 Å². The summed E-state index contributed by atoms with van der Waals surface area (Å²) >= 11 is 1.78. The van der Waals surface area contributed by atoms with Gasteiger partial charge in [-0.1, -0.05) is 25.1 Å². The number of nitrogens with one attached hydrogen (secondary N) is 3. The van der Waals surface area contributed by atoms with Crippen molar-refractivity contribution in [1.82, 2.24) is 10.6 Å². The number of thiophene rings is 1. The van der Waals surface area contributed by atoms with Crippen LogP contribution in [0.1, 0.15) is 37.1 Å². The summed E-state index contributed by atoms with van der Waals surface area (Å²) in [7, 11) is 0. The number of hydrogen-bond acceptors (Lipinski definition) is 3. The van der Waals surface area contributed by atoms with Crippen molar-refractivity contribution in [3.05, 3.63) is 52.2 Å². The van der Waals surface area contributed by atoms with E-state index in [0.29, 0.717) is 5.92 Å². The van der Waals surface area contributed by atoms with Crippen molar-refractivity contribution in [3.63, 3.8) is 0 Å². The Labute approximate surface area is 183 Å². The van der Waals surface area contributed by atoms with Gasteiger partial charge in [0.15, 0.2) is 5.96 Å². The van der Waals surface area contributed by atoms with Crippen LogP contribution in [0, 0.1) is 0 Å². The first-order valence-corrected chi connectivity index (χ1v) is 9.88. The Morgan fingerprint density at radius 3 is 2.52 bits per heavy atom. The molecule has 1 aromatic heterocycles. The normalized spacial score (nSPS) is 12.0. The first kappa shape index (κ1) is 23.4. The van der Waals surface area contributed by atoms with Gasteiger partial charge in [0.25, 0.3) is 0 Å². The van der Waals surface area contributed by atoms with Gasteiger partial charge >= 0.3 is 0 Å². The van der Waals surface area contributed by atoms with Crippen molar-refractivity contribution in [2.24, 2.45) is 4.99 Å². The highest BCUT2D eigenvalue weighted by molar-refractivity contribution is 14.0. The van der Waals surface area contributed by atoms with E-state index in [1.165, 1.54) is 17.4 Å². The molecule has 0 aliphatic rings. The van der Waals surface area contributed by atoms with Crippen molar-refractivity contribution in [1.29, 1.82) is 0 Å². The molecular formula is C20H29IN4OS. The summed E-state index contributed by atoms with van der Waals surface area (Å²) in [6.45, 7) is 8.19. The molecule has 0 aliphatic carbocycles. The molecule has 0 spiro atoms. The Hall–Kier alpha value is -1.61. The fourth-order valence-electron chi connectivity index (χ4n) is 2.51. The van der Waals surface area contributed by atoms with Crippen molar-refractivity contribution >= 4 is 52.9 Å². The fourth-order valence-corrected chi connectivity index (χ4v) is 3.29. The van der Waals surface area contributed by atoms with Gasteiger partial charge in [-0.25, -0.2) is 0 Å². The molecule has 1 heterocycles. The summed E-state index contributed by atoms with van der Waals surface area (Å²) in [5, 5.41) is 11.6. The van der Waals surface area contributed by atoms with Crippen LogP contribution < -0.4 is 16.0 Å². The van der Waals surface area contributed by atoms with Gasteiger partial charge in [-0.3, -0.25) is 9.79 Å². The zero-order chi connectivity index (χ0) is 18.8. The van der Waals surface area contributed by atoms with Crippen LogP contribution in [0.2, 0.25) is 0 Å². The van der Waals surface area contributed by atoms with E-state index >= 15 is 0 Å². The lowest BCUT2D eigenvalue weighted by molar-refractivity contribution is -0.114. The molecular weight excluding hydrogens is 471 g/mol. The number of amides is 1. The van der Waals surface area contributed by atoms with E-state index in [0.717, 1.165) is 37.7 Å². The maximum atomic E-state index is 11.1. The van der Waals surface area contributed by atoms with E-state index in [1.807, 2.05) is 24.3 Å². The molecule has 0 fully saturated rings. The molecule has 3 N–H and O–H groups in total. The van der Waals surface area contributed by atoms with Crippen LogP contribution in [0.3, 0.4) is 0 Å². The summed E-state index contributed by atoms with van der Waals surface area (Å²) in [5.41, 5.74) is 2.04. The standard InChI is InChI=1S/C20H28N4OS.HI/c1-4-21-20(23-14-15(2)19-6-5-13-26-19)22-12-11-17-7-9-18(10-8-17)24-16(3)25;/h5-10,13,15H,4,11-12,14H2,1-3H3,(H,24,25)(H2,21,22,23);1H. The highest BCUT2D eigenvalue weighted by atomic mass is 127. The second-order valence-electron chi connectivity index (χ2n) is 6.19. The maximum absolute atomic E-state index is 11.1. The number of guanidine groups is 1. The predicted octanol–water partition coefficient (Wildman–Crippen LogP) is 4.23. The van der Waals surface area contributed by atoms with E-state index in [9.17, 15) is 4.79 Å². The molecule has 0 bridgehead atoms. The van der Waals surface area contributed by atoms with Gasteiger partial charge in [0.2, 0.25) is 5.91 Å². The topological polar surface area (TPSA) is 65.5 Å². The summed E-state index contributed by atoms with van der Waals surface area (Å²) in [6, 6.07) is 12.2. The molecule has 5 nitrogen and oxygen atoms in total. The maximum Gasteiger partial charge on any atom is 0.221 e. The third-order valence-corrected chi connectivity index (χ3v) is 4.98. The molecule has 0 aliphatic heterocycles. The molecule has 2 rings (SSSR count). The highest BCUT2D eigenvalue weighted by Crippen LogP contribution is 2.20. The number of rotatable bonds is 8. The number of carbonyl (C=O) groups is 1. The van der Waals surface area contributed by atoms with Crippen molar-refractivity contribution < 1.29 is 4.79 Å². The lowest BCUT2D eigenvalue weighted by Crippen LogP contribution is -2.38. The van der Waals surface area contributed by atoms with Gasteiger partial charge in [-0.05, 0) is 42.5 Å². The monoisotopic (exact) mass is 500 g/mol. The smallest absolute Gasteiger partial charge is 0.221 e. The lowest BCUT2D eigenvalue weighted by Gasteiger charge is -2.13. The summed E-state index contributed by atoms with van der Waals surface area (Å²) in [4.78, 5) is 17.1. The third kappa shape index (κ3) is 8.75. The number of anilines is 1. The van der Waals surface area contributed by atoms with Crippen LogP contribution in [0.4, 0.5) is 5.69 Å². The first-order chi connectivity index (χ1) is 12.6. The minimum Gasteiger partial charge on any atom is -0.357 e. The molecule has 1 unspecified atom stereocenters. The van der Waals surface area contributed by atoms with Gasteiger partial charge in [0.05, 0.1) is 6.54 Å². The average Bonchev–Trinajstić information content (AvgIpc) is 3.15. The summed E-state index contributed by atoms with van der Waals surface area (Å²) < 4.78 is 0. The molecule has 1 aromatic carbocycles. The Morgan fingerprint density at radius 2 is 1.93 bits per heavy atom. The Kier molecular flexibility index (Phi) is 11.0. The second-order valence-corrected chi connectivity index (χ2v) is 7.17. The summed E-state index contributed by atoms with van der Waals surface area (Å²) in [6.07, 6.45) is 0.894. The molecule has 2 aromatic rings. The minimum atomic E-state index is -0.0531. The van der Waals surface area contributed by atoms with E-state index in [4.69, 9.17) is 4.99 Å². The van der Waals surface area contributed by atoms with E-state index in [1.54, 1.807) is 11.3 Å². The van der Waals surface area contributed by atoms with Crippen LogP contribution in [0.5, 0.6) is 0 Å². The van der Waals surface area contributed by atoms with Crippen LogP contribution in [0.15, 0.2) is 46.8 Å². The largest absolute Gasteiger partial charge is 0.357 e. The predicted molar refractivity (Wildman–Crippen MR) is 127 cm³/mol. The fraction of sp³-hybridized carbons (Fsp3) is 0.400. The van der Waals surface area contributed by atoms with Gasteiger partial charge in [0.1, 0.15) is 0 Å². The molecule has 0 saturated heterocycles. The number of aliphatic imine (C=N–C) groups is 1. The Morgan fingerprint density at radius 1 is 1.19 bits per heavy atom. The number of hydrogen-bond donors (Lipinski definition) is 3. The van der Waals surface area contributed by atoms with E-state index in [2.05, 4.69) is 47.3 Å².